The van der Waals surface area contributed by atoms with Crippen molar-refractivity contribution in [3.8, 4) is 0 Å². The molecule has 2 heterocycles. The molecule has 0 aromatic heterocycles. The summed E-state index contributed by atoms with van der Waals surface area (Å²) in [5.41, 5.74) is -0.295. The van der Waals surface area contributed by atoms with Gasteiger partial charge in [0.1, 0.15) is 4.90 Å². The molecule has 0 aliphatic carbocycles. The zero-order valence-electron chi connectivity index (χ0n) is 19.5. The molecule has 2 unspecified atom stereocenters. The van der Waals surface area contributed by atoms with Crippen molar-refractivity contribution in [1.82, 2.24) is 19.7 Å². The maximum Gasteiger partial charge on any atom is 0.255 e. The molecule has 2 aliphatic heterocycles. The van der Waals surface area contributed by atoms with E-state index in [4.69, 9.17) is 0 Å². The van der Waals surface area contributed by atoms with Crippen LogP contribution in [0.2, 0.25) is 0 Å². The van der Waals surface area contributed by atoms with Gasteiger partial charge in [0.15, 0.2) is 5.82 Å². The Hall–Kier alpha value is -2.38. The van der Waals surface area contributed by atoms with Gasteiger partial charge in [0.25, 0.3) is 5.91 Å². The highest BCUT2D eigenvalue weighted by Gasteiger charge is 2.49. The van der Waals surface area contributed by atoms with E-state index in [0.29, 0.717) is 25.5 Å². The Bertz CT molecular complexity index is 1330. The molecule has 1 amide bonds. The number of fused-ring (bicyclic) bond motifs is 2. The Morgan fingerprint density at radius 2 is 1.71 bits per heavy atom. The molecule has 2 aromatic rings. The predicted molar refractivity (Wildman–Crippen MR) is 128 cm³/mol. The van der Waals surface area contributed by atoms with E-state index in [1.165, 1.54) is 0 Å². The van der Waals surface area contributed by atoms with Crippen LogP contribution >= 0.6 is 0 Å². The lowest BCUT2D eigenvalue weighted by Gasteiger charge is -2.45. The molecule has 2 aromatic carbocycles. The number of amides is 1. The van der Waals surface area contributed by atoms with Crippen molar-refractivity contribution in [2.24, 2.45) is 0 Å². The minimum Gasteiger partial charge on any atom is -0.334 e. The average molecular weight is 525 g/mol. The highest BCUT2D eigenvalue weighted by atomic mass is 32.2. The van der Waals surface area contributed by atoms with Gasteiger partial charge in [0.2, 0.25) is 20.0 Å². The molecule has 35 heavy (non-hydrogen) atoms. The van der Waals surface area contributed by atoms with E-state index >= 15 is 4.39 Å². The van der Waals surface area contributed by atoms with Gasteiger partial charge in [0, 0.05) is 12.6 Å². The first kappa shape index (κ1) is 25.7. The number of nitrogens with one attached hydrogen (secondary N) is 3. The summed E-state index contributed by atoms with van der Waals surface area (Å²) in [6.07, 6.45) is 4.04. The van der Waals surface area contributed by atoms with E-state index < -0.39 is 52.8 Å². The third kappa shape index (κ3) is 4.85. The van der Waals surface area contributed by atoms with E-state index in [-0.39, 0.29) is 6.04 Å². The highest BCUT2D eigenvalue weighted by Crippen LogP contribution is 2.43. The number of hydrogen-bond donors (Lipinski definition) is 3. The van der Waals surface area contributed by atoms with Crippen LogP contribution in [0.15, 0.2) is 52.3 Å². The molecule has 2 atom stereocenters. The fourth-order valence-corrected chi connectivity index (χ4v) is 6.81. The lowest BCUT2D eigenvalue weighted by Crippen LogP contribution is -2.60. The van der Waals surface area contributed by atoms with Gasteiger partial charge in [-0.3, -0.25) is 9.69 Å². The number of rotatable bonds is 8. The van der Waals surface area contributed by atoms with Gasteiger partial charge < -0.3 is 5.32 Å². The van der Waals surface area contributed by atoms with Gasteiger partial charge in [-0.25, -0.2) is 30.7 Å². The van der Waals surface area contributed by atoms with Crippen LogP contribution in [0, 0.1) is 5.82 Å². The lowest BCUT2D eigenvalue weighted by atomic mass is 9.95. The molecule has 4 rings (SSSR count). The number of benzene rings is 2. The minimum atomic E-state index is -4.38. The summed E-state index contributed by atoms with van der Waals surface area (Å²) in [4.78, 5) is 14.2. The second-order valence-corrected chi connectivity index (χ2v) is 12.6. The Balaban J connectivity index is 1.74. The van der Waals surface area contributed by atoms with E-state index in [1.54, 1.807) is 0 Å². The smallest absolute Gasteiger partial charge is 0.255 e. The second-order valence-electron chi connectivity index (χ2n) is 8.88. The van der Waals surface area contributed by atoms with Crippen LogP contribution < -0.4 is 14.8 Å². The molecule has 0 radical (unpaired) electrons. The molecule has 0 saturated carbocycles. The second kappa shape index (κ2) is 9.58. The third-order valence-corrected chi connectivity index (χ3v) is 9.75. The zero-order chi connectivity index (χ0) is 25.4. The Kier molecular flexibility index (Phi) is 7.04. The number of carbonyl (C=O) groups is 1. The monoisotopic (exact) mass is 524 g/mol. The van der Waals surface area contributed by atoms with Gasteiger partial charge in [-0.05, 0) is 63.9 Å². The first-order valence-corrected chi connectivity index (χ1v) is 14.3. The van der Waals surface area contributed by atoms with Gasteiger partial charge in [-0.15, -0.1) is 0 Å². The summed E-state index contributed by atoms with van der Waals surface area (Å²) in [5.74, 6) is -2.16. The van der Waals surface area contributed by atoms with E-state index in [2.05, 4.69) is 14.9 Å². The molecule has 9 nitrogen and oxygen atoms in total. The SMILES string of the molecule is CNS(=O)(=O)c1cc(C(=O)NC23CCCC(CC2)N3Cc2ccccc2)c(F)c(S(=O)(=O)NC)c1. The van der Waals surface area contributed by atoms with Gasteiger partial charge in [-0.1, -0.05) is 30.3 Å². The summed E-state index contributed by atoms with van der Waals surface area (Å²) in [6, 6.07) is 11.7. The van der Waals surface area contributed by atoms with E-state index in [0.717, 1.165) is 45.0 Å². The van der Waals surface area contributed by atoms with Crippen molar-refractivity contribution in [1.29, 1.82) is 0 Å². The van der Waals surface area contributed by atoms with Crippen molar-refractivity contribution >= 4 is 26.0 Å². The Morgan fingerprint density at radius 1 is 1.03 bits per heavy atom. The van der Waals surface area contributed by atoms with Crippen LogP contribution in [-0.4, -0.2) is 53.4 Å². The number of hydrogen-bond acceptors (Lipinski definition) is 6. The quantitative estimate of drug-likeness (QED) is 0.485. The first-order chi connectivity index (χ1) is 16.5. The molecule has 2 fully saturated rings. The topological polar surface area (TPSA) is 125 Å². The van der Waals surface area contributed by atoms with Crippen molar-refractivity contribution in [2.45, 2.75) is 60.1 Å². The average Bonchev–Trinajstić information content (AvgIpc) is 3.02. The molecule has 0 spiro atoms. The molecule has 2 saturated heterocycles. The number of halogens is 1. The number of piperidine rings is 1. The highest BCUT2D eigenvalue weighted by molar-refractivity contribution is 7.90. The predicted octanol–water partition coefficient (Wildman–Crippen LogP) is 1.92. The van der Waals surface area contributed by atoms with Crippen LogP contribution in [0.5, 0.6) is 0 Å². The molecule has 190 valence electrons. The van der Waals surface area contributed by atoms with E-state index in [9.17, 15) is 21.6 Å². The Labute approximate surface area is 205 Å². The van der Waals surface area contributed by atoms with Gasteiger partial charge in [-0.2, -0.15) is 0 Å². The number of nitrogens with zero attached hydrogens (tertiary/aromatic N) is 1. The minimum absolute atomic E-state index is 0.255. The first-order valence-electron chi connectivity index (χ1n) is 11.4. The molecule has 12 heteroatoms. The van der Waals surface area contributed by atoms with Crippen LogP contribution in [0.25, 0.3) is 0 Å². The summed E-state index contributed by atoms with van der Waals surface area (Å²) < 4.78 is 69.2. The molecular formula is C23H29FN4O5S2. The fraction of sp³-hybridized carbons (Fsp3) is 0.435. The lowest BCUT2D eigenvalue weighted by molar-refractivity contribution is 0.0183. The van der Waals surface area contributed by atoms with Crippen LogP contribution in [0.4, 0.5) is 4.39 Å². The number of sulfonamides is 2. The summed E-state index contributed by atoms with van der Waals surface area (Å²) >= 11 is 0. The fourth-order valence-electron chi connectivity index (χ4n) is 5.11. The van der Waals surface area contributed by atoms with Crippen molar-refractivity contribution in [3.63, 3.8) is 0 Å². The summed E-state index contributed by atoms with van der Waals surface area (Å²) in [5, 5.41) is 2.96. The van der Waals surface area contributed by atoms with Crippen LogP contribution in [0.1, 0.15) is 48.0 Å². The summed E-state index contributed by atoms with van der Waals surface area (Å²) in [6.45, 7) is 0.599. The maximum atomic E-state index is 15.4. The van der Waals surface area contributed by atoms with E-state index in [1.807, 2.05) is 35.1 Å². The summed E-state index contributed by atoms with van der Waals surface area (Å²) in [7, 11) is -6.32. The standard InChI is InChI=1S/C23H29FN4O5S2/c1-25-34(30,31)18-13-19(21(24)20(14-18)35(32,33)26-2)22(29)27-23-11-6-9-17(10-12-23)28(23)15-16-7-4-3-5-8-16/h3-5,7-8,13-14,17,25-26H,6,9-12,15H2,1-2H3,(H,27,29). The molecule has 2 aliphatic rings. The van der Waals surface area contributed by atoms with Gasteiger partial charge in [0.05, 0.1) is 16.1 Å². The zero-order valence-corrected chi connectivity index (χ0v) is 21.2. The molecular weight excluding hydrogens is 495 g/mol. The van der Waals surface area contributed by atoms with Crippen LogP contribution in [-0.2, 0) is 26.6 Å². The van der Waals surface area contributed by atoms with Crippen molar-refractivity contribution in [3.05, 3.63) is 59.4 Å². The molecule has 3 N–H and O–H groups in total. The Morgan fingerprint density at radius 3 is 2.37 bits per heavy atom. The van der Waals surface area contributed by atoms with Crippen molar-refractivity contribution < 1.29 is 26.0 Å². The molecule has 2 bridgehead atoms. The normalized spacial score (nSPS) is 22.8. The maximum absolute atomic E-state index is 15.4. The third-order valence-electron chi connectivity index (χ3n) is 6.95. The largest absolute Gasteiger partial charge is 0.334 e. The van der Waals surface area contributed by atoms with Crippen LogP contribution in [0.3, 0.4) is 0 Å². The van der Waals surface area contributed by atoms with Gasteiger partial charge >= 0.3 is 0 Å². The number of carbonyl (C=O) groups excluding carboxylic acids is 1. The van der Waals surface area contributed by atoms with Crippen molar-refractivity contribution in [2.75, 3.05) is 14.1 Å².